The lowest BCUT2D eigenvalue weighted by Crippen LogP contribution is -2.35. The van der Waals surface area contributed by atoms with Gasteiger partial charge in [0.2, 0.25) is 0 Å². The third-order valence-corrected chi connectivity index (χ3v) is 3.42. The maximum atomic E-state index is 9.87. The number of aliphatic hydroxyl groups is 1. The van der Waals surface area contributed by atoms with Crippen molar-refractivity contribution in [1.29, 1.82) is 0 Å². The Bertz CT molecular complexity index is 353. The van der Waals surface area contributed by atoms with Crippen molar-refractivity contribution in [2.24, 2.45) is 0 Å². The van der Waals surface area contributed by atoms with Crippen molar-refractivity contribution in [1.82, 2.24) is 5.32 Å². The number of hydrogen-bond donors (Lipinski definition) is 3. The Hall–Kier alpha value is -0.580. The molecule has 3 nitrogen and oxygen atoms in total. The summed E-state index contributed by atoms with van der Waals surface area (Å²) in [5.41, 5.74) is 0.869. The summed E-state index contributed by atoms with van der Waals surface area (Å²) in [4.78, 5) is 0. The van der Waals surface area contributed by atoms with Gasteiger partial charge in [0.05, 0.1) is 6.61 Å². The van der Waals surface area contributed by atoms with Crippen molar-refractivity contribution >= 4 is 15.9 Å². The van der Waals surface area contributed by atoms with Crippen LogP contribution in [0.15, 0.2) is 22.7 Å². The summed E-state index contributed by atoms with van der Waals surface area (Å²) >= 11 is 3.41. The van der Waals surface area contributed by atoms with Crippen molar-refractivity contribution in [3.8, 4) is 5.75 Å². The van der Waals surface area contributed by atoms with E-state index in [9.17, 15) is 10.2 Å². The highest BCUT2D eigenvalue weighted by molar-refractivity contribution is 9.10. The largest absolute Gasteiger partial charge is 0.508 e. The Kier molecular flexibility index (Phi) is 5.95. The van der Waals surface area contributed by atoms with Gasteiger partial charge < -0.3 is 15.5 Å². The van der Waals surface area contributed by atoms with Gasteiger partial charge in [-0.25, -0.2) is 0 Å². The molecule has 1 rings (SSSR count). The summed E-state index contributed by atoms with van der Waals surface area (Å²) in [6, 6.07) is 5.54. The zero-order valence-corrected chi connectivity index (χ0v) is 11.9. The maximum Gasteiger partial charge on any atom is 0.120 e. The summed E-state index contributed by atoms with van der Waals surface area (Å²) < 4.78 is 0.947. The van der Waals surface area contributed by atoms with Gasteiger partial charge in [0.25, 0.3) is 0 Å². The van der Waals surface area contributed by atoms with Gasteiger partial charge in [0.15, 0.2) is 0 Å². The number of halogens is 1. The molecule has 0 saturated carbocycles. The standard InChI is InChI=1S/C13H20BrNO2/c1-3-10(8-16)15-12(4-2)11-7-9(14)5-6-13(11)17/h5-7,10,12,15-17H,3-4,8H2,1-2H3/t10-,12?/m1/s1. The SMILES string of the molecule is CCC(N[C@H](CC)CO)c1cc(Br)ccc1O. The average molecular weight is 302 g/mol. The molecular formula is C13H20BrNO2. The molecule has 0 aliphatic heterocycles. The fraction of sp³-hybridized carbons (Fsp3) is 0.538. The molecule has 0 saturated heterocycles. The molecule has 0 amide bonds. The van der Waals surface area contributed by atoms with E-state index in [1.165, 1.54) is 0 Å². The molecule has 0 fully saturated rings. The molecule has 3 N–H and O–H groups in total. The van der Waals surface area contributed by atoms with Crippen LogP contribution in [0.1, 0.15) is 38.3 Å². The smallest absolute Gasteiger partial charge is 0.120 e. The molecule has 4 heteroatoms. The van der Waals surface area contributed by atoms with E-state index < -0.39 is 0 Å². The first-order valence-corrected chi connectivity index (χ1v) is 6.76. The second-order valence-electron chi connectivity index (χ2n) is 4.12. The number of aliphatic hydroxyl groups excluding tert-OH is 1. The van der Waals surface area contributed by atoms with Crippen molar-refractivity contribution in [3.05, 3.63) is 28.2 Å². The lowest BCUT2D eigenvalue weighted by molar-refractivity contribution is 0.225. The second-order valence-corrected chi connectivity index (χ2v) is 5.03. The molecule has 0 radical (unpaired) electrons. The van der Waals surface area contributed by atoms with E-state index in [2.05, 4.69) is 28.2 Å². The zero-order chi connectivity index (χ0) is 12.8. The highest BCUT2D eigenvalue weighted by Crippen LogP contribution is 2.29. The number of benzene rings is 1. The zero-order valence-electron chi connectivity index (χ0n) is 10.3. The average Bonchev–Trinajstić information content (AvgIpc) is 2.34. The molecule has 1 aromatic rings. The van der Waals surface area contributed by atoms with E-state index >= 15 is 0 Å². The Balaban J connectivity index is 2.89. The van der Waals surface area contributed by atoms with Gasteiger partial charge in [-0.3, -0.25) is 0 Å². The predicted molar refractivity (Wildman–Crippen MR) is 73.1 cm³/mol. The van der Waals surface area contributed by atoms with Crippen LogP contribution in [0.4, 0.5) is 0 Å². The van der Waals surface area contributed by atoms with Crippen LogP contribution >= 0.6 is 15.9 Å². The molecule has 0 aliphatic rings. The third-order valence-electron chi connectivity index (χ3n) is 2.92. The fourth-order valence-corrected chi connectivity index (χ4v) is 2.19. The van der Waals surface area contributed by atoms with Crippen LogP contribution in [-0.2, 0) is 0 Å². The first kappa shape index (κ1) is 14.5. The number of hydrogen-bond acceptors (Lipinski definition) is 3. The van der Waals surface area contributed by atoms with E-state index in [0.717, 1.165) is 22.9 Å². The summed E-state index contributed by atoms with van der Waals surface area (Å²) in [5, 5.41) is 22.4. The van der Waals surface area contributed by atoms with Gasteiger partial charge in [-0.1, -0.05) is 29.8 Å². The molecule has 0 heterocycles. The molecule has 0 aliphatic carbocycles. The maximum absolute atomic E-state index is 9.87. The number of rotatable bonds is 6. The van der Waals surface area contributed by atoms with Crippen molar-refractivity contribution in [2.75, 3.05) is 6.61 Å². The normalized spacial score (nSPS) is 14.6. The van der Waals surface area contributed by atoms with Crippen LogP contribution in [0, 0.1) is 0 Å². The Morgan fingerprint density at radius 2 is 2.00 bits per heavy atom. The lowest BCUT2D eigenvalue weighted by atomic mass is 10.0. The molecule has 1 unspecified atom stereocenters. The summed E-state index contributed by atoms with van der Waals surface area (Å²) in [5.74, 6) is 0.292. The molecule has 0 aromatic heterocycles. The predicted octanol–water partition coefficient (Wildman–Crippen LogP) is 2.97. The lowest BCUT2D eigenvalue weighted by Gasteiger charge is -2.24. The van der Waals surface area contributed by atoms with Crippen molar-refractivity contribution < 1.29 is 10.2 Å². The van der Waals surface area contributed by atoms with E-state index in [0.29, 0.717) is 5.75 Å². The number of phenolic OH excluding ortho intramolecular Hbond substituents is 1. The molecule has 0 bridgehead atoms. The minimum atomic E-state index is 0.0598. The topological polar surface area (TPSA) is 52.5 Å². The van der Waals surface area contributed by atoms with Gasteiger partial charge >= 0.3 is 0 Å². The van der Waals surface area contributed by atoms with E-state index in [1.54, 1.807) is 6.07 Å². The molecule has 96 valence electrons. The molecule has 2 atom stereocenters. The van der Waals surface area contributed by atoms with Gasteiger partial charge in [0, 0.05) is 22.1 Å². The minimum absolute atomic E-state index is 0.0598. The van der Waals surface area contributed by atoms with E-state index in [4.69, 9.17) is 0 Å². The van der Waals surface area contributed by atoms with Crippen molar-refractivity contribution in [3.63, 3.8) is 0 Å². The molecular weight excluding hydrogens is 282 g/mol. The molecule has 17 heavy (non-hydrogen) atoms. The molecule has 0 spiro atoms. The molecule has 1 aromatic carbocycles. The van der Waals surface area contributed by atoms with Crippen molar-refractivity contribution in [2.45, 2.75) is 38.8 Å². The van der Waals surface area contributed by atoms with E-state index in [-0.39, 0.29) is 18.7 Å². The van der Waals surface area contributed by atoms with Crippen LogP contribution in [-0.4, -0.2) is 22.9 Å². The van der Waals surface area contributed by atoms with Gasteiger partial charge in [-0.05, 0) is 31.0 Å². The number of nitrogens with one attached hydrogen (secondary N) is 1. The minimum Gasteiger partial charge on any atom is -0.508 e. The van der Waals surface area contributed by atoms with Gasteiger partial charge in [0.1, 0.15) is 5.75 Å². The highest BCUT2D eigenvalue weighted by atomic mass is 79.9. The fourth-order valence-electron chi connectivity index (χ4n) is 1.82. The van der Waals surface area contributed by atoms with Gasteiger partial charge in [-0.15, -0.1) is 0 Å². The quantitative estimate of drug-likeness (QED) is 0.757. The number of aromatic hydroxyl groups is 1. The van der Waals surface area contributed by atoms with Crippen LogP contribution in [0.25, 0.3) is 0 Å². The van der Waals surface area contributed by atoms with Crippen LogP contribution in [0.5, 0.6) is 5.75 Å². The van der Waals surface area contributed by atoms with Gasteiger partial charge in [-0.2, -0.15) is 0 Å². The monoisotopic (exact) mass is 301 g/mol. The van der Waals surface area contributed by atoms with E-state index in [1.807, 2.05) is 19.1 Å². The van der Waals surface area contributed by atoms with Crippen LogP contribution in [0.2, 0.25) is 0 Å². The third kappa shape index (κ3) is 3.98. The van der Waals surface area contributed by atoms with Crippen LogP contribution in [0.3, 0.4) is 0 Å². The first-order valence-electron chi connectivity index (χ1n) is 5.97. The first-order chi connectivity index (χ1) is 8.12. The Morgan fingerprint density at radius 1 is 1.29 bits per heavy atom. The van der Waals surface area contributed by atoms with Crippen LogP contribution < -0.4 is 5.32 Å². The second kappa shape index (κ2) is 6.99. The summed E-state index contributed by atoms with van der Waals surface area (Å²) in [6.45, 7) is 4.20. The summed E-state index contributed by atoms with van der Waals surface area (Å²) in [7, 11) is 0. The Labute approximate surface area is 111 Å². The Morgan fingerprint density at radius 3 is 2.53 bits per heavy atom. The highest BCUT2D eigenvalue weighted by Gasteiger charge is 2.17. The summed E-state index contributed by atoms with van der Waals surface area (Å²) in [6.07, 6.45) is 1.72. The number of phenols is 1.